The number of hydrogen-bond donors (Lipinski definition) is 3. The number of anilines is 3. The summed E-state index contributed by atoms with van der Waals surface area (Å²) in [7, 11) is 1.61. The molecule has 33 heavy (non-hydrogen) atoms. The van der Waals surface area contributed by atoms with Crippen molar-refractivity contribution < 1.29 is 19.1 Å². The van der Waals surface area contributed by atoms with Crippen molar-refractivity contribution in [3.63, 3.8) is 0 Å². The van der Waals surface area contributed by atoms with Crippen molar-refractivity contribution in [1.82, 2.24) is 10.3 Å². The highest BCUT2D eigenvalue weighted by molar-refractivity contribution is 14.1. The third kappa shape index (κ3) is 6.80. The van der Waals surface area contributed by atoms with Gasteiger partial charge in [-0.25, -0.2) is 4.98 Å². The lowest BCUT2D eigenvalue weighted by Crippen LogP contribution is -2.29. The zero-order valence-corrected chi connectivity index (χ0v) is 21.8. The maximum atomic E-state index is 12.5. The van der Waals surface area contributed by atoms with Crippen molar-refractivity contribution in [2.75, 3.05) is 30.9 Å². The fourth-order valence-electron chi connectivity index (χ4n) is 3.63. The van der Waals surface area contributed by atoms with Gasteiger partial charge in [-0.3, -0.25) is 9.59 Å². The number of aryl methyl sites for hydroxylation is 1. The van der Waals surface area contributed by atoms with E-state index in [4.69, 9.17) is 14.5 Å². The minimum absolute atomic E-state index is 0.0938. The molecular weight excluding hydrogens is 535 g/mol. The average Bonchev–Trinajstić information content (AvgIpc) is 3.10. The number of carbonyl (C=O) groups excluding carboxylic acids is 2. The van der Waals surface area contributed by atoms with Crippen LogP contribution in [0.15, 0.2) is 24.3 Å². The third-order valence-electron chi connectivity index (χ3n) is 5.00. The first-order valence-electron chi connectivity index (χ1n) is 10.9. The van der Waals surface area contributed by atoms with E-state index in [-0.39, 0.29) is 24.2 Å². The summed E-state index contributed by atoms with van der Waals surface area (Å²) in [4.78, 5) is 29.6. The molecule has 178 valence electrons. The molecule has 1 aliphatic heterocycles. The lowest BCUT2D eigenvalue weighted by molar-refractivity contribution is -0.156. The highest BCUT2D eigenvalue weighted by atomic mass is 127. The van der Waals surface area contributed by atoms with Gasteiger partial charge in [0.05, 0.1) is 22.2 Å². The summed E-state index contributed by atoms with van der Waals surface area (Å²) in [6.07, 6.45) is 0.230. The van der Waals surface area contributed by atoms with E-state index in [2.05, 4.69) is 38.5 Å². The molecule has 1 amide bonds. The number of amides is 1. The van der Waals surface area contributed by atoms with E-state index >= 15 is 0 Å². The van der Waals surface area contributed by atoms with Gasteiger partial charge in [-0.15, -0.1) is 0 Å². The number of carbonyl (C=O) groups is 2. The Balaban J connectivity index is 1.82. The van der Waals surface area contributed by atoms with Crippen LogP contribution in [-0.4, -0.2) is 42.7 Å². The van der Waals surface area contributed by atoms with Gasteiger partial charge in [0.2, 0.25) is 0 Å². The van der Waals surface area contributed by atoms with Crippen LogP contribution in [0.25, 0.3) is 0 Å². The monoisotopic (exact) mass is 566 g/mol. The van der Waals surface area contributed by atoms with Crippen LogP contribution in [-0.2, 0) is 20.8 Å². The van der Waals surface area contributed by atoms with Gasteiger partial charge in [-0.2, -0.15) is 0 Å². The molecule has 2 aromatic rings. The normalized spacial score (nSPS) is 13.8. The molecule has 1 aromatic heterocycles. The van der Waals surface area contributed by atoms with Crippen molar-refractivity contribution in [3.05, 3.63) is 44.5 Å². The van der Waals surface area contributed by atoms with Crippen molar-refractivity contribution in [2.45, 2.75) is 46.3 Å². The number of pyridine rings is 1. The summed E-state index contributed by atoms with van der Waals surface area (Å²) in [5.74, 6) is 0.665. The van der Waals surface area contributed by atoms with Gasteiger partial charge >= 0.3 is 5.97 Å². The molecular formula is C24H31IN4O4. The quantitative estimate of drug-likeness (QED) is 0.306. The number of ether oxygens (including phenoxy) is 2. The summed E-state index contributed by atoms with van der Waals surface area (Å²) < 4.78 is 11.7. The zero-order chi connectivity index (χ0) is 24.2. The van der Waals surface area contributed by atoms with Gasteiger partial charge in [-0.05, 0) is 68.0 Å². The molecule has 0 radical (unpaired) electrons. The second-order valence-electron chi connectivity index (χ2n) is 9.15. The van der Waals surface area contributed by atoms with E-state index in [0.717, 1.165) is 20.4 Å². The number of nitrogens with zero attached hydrogens (tertiary/aromatic N) is 1. The Labute approximate surface area is 208 Å². The van der Waals surface area contributed by atoms with Gasteiger partial charge in [0.15, 0.2) is 0 Å². The van der Waals surface area contributed by atoms with E-state index < -0.39 is 5.60 Å². The average molecular weight is 566 g/mol. The molecule has 9 heteroatoms. The Bertz CT molecular complexity index is 1040. The maximum absolute atomic E-state index is 12.5. The molecule has 2 heterocycles. The molecule has 0 bridgehead atoms. The van der Waals surface area contributed by atoms with E-state index in [0.29, 0.717) is 36.9 Å². The van der Waals surface area contributed by atoms with Crippen LogP contribution >= 0.6 is 22.6 Å². The van der Waals surface area contributed by atoms with Crippen LogP contribution in [0.3, 0.4) is 0 Å². The fraction of sp³-hybridized carbons (Fsp3) is 0.458. The maximum Gasteiger partial charge on any atom is 0.306 e. The number of rotatable bonds is 9. The van der Waals surface area contributed by atoms with Crippen molar-refractivity contribution in [3.8, 4) is 0 Å². The van der Waals surface area contributed by atoms with Gasteiger partial charge < -0.3 is 25.4 Å². The van der Waals surface area contributed by atoms with Crippen LogP contribution in [0.1, 0.15) is 48.7 Å². The second-order valence-corrected chi connectivity index (χ2v) is 10.2. The Morgan fingerprint density at radius 2 is 2.06 bits per heavy atom. The van der Waals surface area contributed by atoms with Crippen molar-refractivity contribution >= 4 is 51.8 Å². The summed E-state index contributed by atoms with van der Waals surface area (Å²) in [5, 5.41) is 9.55. The first kappa shape index (κ1) is 25.2. The Morgan fingerprint density at radius 3 is 2.73 bits per heavy atom. The highest BCUT2D eigenvalue weighted by Crippen LogP contribution is 2.33. The lowest BCUT2D eigenvalue weighted by atomic mass is 10.1. The standard InChI is InChI=1S/C24H31IN4O4/c1-14-7-6-8-16(9-14)28-21-19-17(12-27-23(19)31)20(25)22(29-21)26-11-15(13-32-5)10-18(30)33-24(2,3)4/h6-9,15H,10-13H2,1-5H3,(H,27,31)(H2,26,28,29)/t15-/m1/s1. The van der Waals surface area contributed by atoms with Crippen LogP contribution < -0.4 is 16.0 Å². The number of halogens is 1. The SMILES string of the molecule is COC[C@@H](CNc1nc(Nc2cccc(C)c2)c2c(c1I)CNC2=O)CC(=O)OC(C)(C)C. The first-order chi connectivity index (χ1) is 15.6. The summed E-state index contributed by atoms with van der Waals surface area (Å²) in [6.45, 7) is 8.89. The molecule has 0 saturated heterocycles. The molecule has 0 unspecified atom stereocenters. The van der Waals surface area contributed by atoms with E-state index in [1.54, 1.807) is 7.11 Å². The van der Waals surface area contributed by atoms with Crippen molar-refractivity contribution in [2.24, 2.45) is 5.92 Å². The zero-order valence-electron chi connectivity index (χ0n) is 19.7. The van der Waals surface area contributed by atoms with Crippen LogP contribution in [0.5, 0.6) is 0 Å². The number of methoxy groups -OCH3 is 1. The predicted octanol–water partition coefficient (Wildman–Crippen LogP) is 4.39. The van der Waals surface area contributed by atoms with Gasteiger partial charge in [-0.1, -0.05) is 12.1 Å². The Morgan fingerprint density at radius 1 is 1.30 bits per heavy atom. The lowest BCUT2D eigenvalue weighted by Gasteiger charge is -2.23. The number of esters is 1. The topological polar surface area (TPSA) is 102 Å². The predicted molar refractivity (Wildman–Crippen MR) is 137 cm³/mol. The number of hydrogen-bond acceptors (Lipinski definition) is 7. The number of aromatic nitrogens is 1. The van der Waals surface area contributed by atoms with Gasteiger partial charge in [0.25, 0.3) is 5.91 Å². The minimum atomic E-state index is -0.533. The van der Waals surface area contributed by atoms with E-state index in [9.17, 15) is 9.59 Å². The Kier molecular flexibility index (Phi) is 8.17. The molecule has 3 rings (SSSR count). The molecule has 0 aliphatic carbocycles. The minimum Gasteiger partial charge on any atom is -0.460 e. The second kappa shape index (κ2) is 10.7. The van der Waals surface area contributed by atoms with Crippen LogP contribution in [0.2, 0.25) is 0 Å². The van der Waals surface area contributed by atoms with Crippen LogP contribution in [0.4, 0.5) is 17.3 Å². The third-order valence-corrected chi connectivity index (χ3v) is 6.17. The number of benzene rings is 1. The summed E-state index contributed by atoms with van der Waals surface area (Å²) in [5.41, 5.74) is 2.90. The smallest absolute Gasteiger partial charge is 0.306 e. The molecule has 3 N–H and O–H groups in total. The molecule has 1 aromatic carbocycles. The van der Waals surface area contributed by atoms with Gasteiger partial charge in [0, 0.05) is 37.4 Å². The molecule has 0 spiro atoms. The molecule has 0 fully saturated rings. The van der Waals surface area contributed by atoms with Gasteiger partial charge in [0.1, 0.15) is 17.2 Å². The fourth-order valence-corrected chi connectivity index (χ4v) is 4.40. The first-order valence-corrected chi connectivity index (χ1v) is 11.9. The van der Waals surface area contributed by atoms with Crippen LogP contribution in [0, 0.1) is 16.4 Å². The largest absolute Gasteiger partial charge is 0.460 e. The molecule has 8 nitrogen and oxygen atoms in total. The summed E-state index contributed by atoms with van der Waals surface area (Å²) >= 11 is 2.21. The van der Waals surface area contributed by atoms with E-state index in [1.807, 2.05) is 52.0 Å². The number of nitrogens with one attached hydrogen (secondary N) is 3. The molecule has 1 atom stereocenters. The van der Waals surface area contributed by atoms with Crippen molar-refractivity contribution in [1.29, 1.82) is 0 Å². The highest BCUT2D eigenvalue weighted by Gasteiger charge is 2.29. The number of fused-ring (bicyclic) bond motifs is 1. The molecule has 1 aliphatic rings. The molecule has 0 saturated carbocycles. The van der Waals surface area contributed by atoms with E-state index in [1.165, 1.54) is 0 Å². The summed E-state index contributed by atoms with van der Waals surface area (Å²) in [6, 6.07) is 7.91. The Hall–Kier alpha value is -2.40.